The maximum atomic E-state index is 6.51. The summed E-state index contributed by atoms with van der Waals surface area (Å²) in [6, 6.07) is 37.9. The largest absolute Gasteiger partial charge is 0.497 e. The molecule has 0 spiro atoms. The Bertz CT molecular complexity index is 1250. The smallest absolute Gasteiger partial charge is 0.202 e. The van der Waals surface area contributed by atoms with E-state index < -0.39 is 12.4 Å². The first kappa shape index (κ1) is 27.9. The highest BCUT2D eigenvalue weighted by Gasteiger charge is 2.41. The van der Waals surface area contributed by atoms with E-state index >= 15 is 0 Å². The highest BCUT2D eigenvalue weighted by Crippen LogP contribution is 2.30. The van der Waals surface area contributed by atoms with Gasteiger partial charge in [0.2, 0.25) is 6.29 Å². The van der Waals surface area contributed by atoms with Crippen molar-refractivity contribution in [3.8, 4) is 11.5 Å². The lowest BCUT2D eigenvalue weighted by molar-refractivity contribution is -0.257. The first-order chi connectivity index (χ1) is 19.8. The van der Waals surface area contributed by atoms with Gasteiger partial charge in [0.1, 0.15) is 23.7 Å². The van der Waals surface area contributed by atoms with E-state index in [-0.39, 0.29) is 12.2 Å². The Labute approximate surface area is 236 Å². The zero-order valence-corrected chi connectivity index (χ0v) is 22.8. The molecule has 0 bridgehead atoms. The van der Waals surface area contributed by atoms with Gasteiger partial charge >= 0.3 is 0 Å². The van der Waals surface area contributed by atoms with Crippen LogP contribution in [0.25, 0.3) is 0 Å². The van der Waals surface area contributed by atoms with Crippen molar-refractivity contribution in [3.05, 3.63) is 132 Å². The first-order valence-electron chi connectivity index (χ1n) is 13.7. The molecule has 5 rings (SSSR count). The summed E-state index contributed by atoms with van der Waals surface area (Å²) in [6.07, 6.45) is -1.05. The average molecular weight is 541 g/mol. The quantitative estimate of drug-likeness (QED) is 0.191. The summed E-state index contributed by atoms with van der Waals surface area (Å²) in [7, 11) is 1.64. The Morgan fingerprint density at radius 1 is 0.625 bits per heavy atom. The standard InChI is InChI=1S/C34H36O6/c1-35-29-17-19-30(20-18-29)39-33-21-31(37-23-27-13-7-3-8-14-27)34(38-24-28-15-9-4-10-16-28)32(40-33)25-36-22-26-11-5-2-6-12-26/h2-20,31-34H,21-25H2,1H3/t31?,32?,33-,34+/m1/s1. The Kier molecular flexibility index (Phi) is 10.2. The summed E-state index contributed by atoms with van der Waals surface area (Å²) in [5.74, 6) is 1.46. The van der Waals surface area contributed by atoms with Crippen LogP contribution in [0, 0.1) is 0 Å². The van der Waals surface area contributed by atoms with E-state index in [0.29, 0.717) is 38.6 Å². The molecule has 0 amide bonds. The predicted molar refractivity (Wildman–Crippen MR) is 153 cm³/mol. The minimum Gasteiger partial charge on any atom is -0.497 e. The summed E-state index contributed by atoms with van der Waals surface area (Å²) >= 11 is 0. The van der Waals surface area contributed by atoms with Crippen LogP contribution in [0.2, 0.25) is 0 Å². The van der Waals surface area contributed by atoms with Crippen molar-refractivity contribution in [1.82, 2.24) is 0 Å². The third-order valence-electron chi connectivity index (χ3n) is 6.80. The van der Waals surface area contributed by atoms with E-state index in [0.717, 1.165) is 22.4 Å². The number of rotatable bonds is 13. The molecule has 6 heteroatoms. The van der Waals surface area contributed by atoms with Crippen LogP contribution in [-0.2, 0) is 38.8 Å². The highest BCUT2D eigenvalue weighted by atomic mass is 16.7. The zero-order chi connectivity index (χ0) is 27.4. The van der Waals surface area contributed by atoms with Gasteiger partial charge in [-0.05, 0) is 41.0 Å². The monoisotopic (exact) mass is 540 g/mol. The van der Waals surface area contributed by atoms with Crippen LogP contribution in [0.1, 0.15) is 23.1 Å². The molecule has 0 radical (unpaired) electrons. The van der Waals surface area contributed by atoms with Gasteiger partial charge in [0.05, 0.1) is 39.6 Å². The summed E-state index contributed by atoms with van der Waals surface area (Å²) < 4.78 is 37.2. The second-order valence-corrected chi connectivity index (χ2v) is 9.73. The number of methoxy groups -OCH3 is 1. The average Bonchev–Trinajstić information content (AvgIpc) is 3.01. The fraction of sp³-hybridized carbons (Fsp3) is 0.294. The van der Waals surface area contributed by atoms with Crippen molar-refractivity contribution in [3.63, 3.8) is 0 Å². The van der Waals surface area contributed by atoms with Crippen molar-refractivity contribution >= 4 is 0 Å². The lowest BCUT2D eigenvalue weighted by Crippen LogP contribution is -2.53. The molecule has 4 atom stereocenters. The van der Waals surface area contributed by atoms with E-state index in [2.05, 4.69) is 24.3 Å². The van der Waals surface area contributed by atoms with Gasteiger partial charge in [0.25, 0.3) is 0 Å². The van der Waals surface area contributed by atoms with Crippen LogP contribution in [0.5, 0.6) is 11.5 Å². The van der Waals surface area contributed by atoms with Crippen molar-refractivity contribution in [2.75, 3.05) is 13.7 Å². The minimum atomic E-state index is -0.531. The van der Waals surface area contributed by atoms with E-state index in [1.54, 1.807) is 7.11 Å². The van der Waals surface area contributed by atoms with Crippen LogP contribution in [0.4, 0.5) is 0 Å². The number of hydrogen-bond donors (Lipinski definition) is 0. The molecule has 2 unspecified atom stereocenters. The Morgan fingerprint density at radius 3 is 1.73 bits per heavy atom. The molecule has 0 saturated carbocycles. The second kappa shape index (κ2) is 14.6. The molecule has 0 aromatic heterocycles. The van der Waals surface area contributed by atoms with Gasteiger partial charge < -0.3 is 28.4 Å². The molecule has 6 nitrogen and oxygen atoms in total. The maximum Gasteiger partial charge on any atom is 0.202 e. The SMILES string of the molecule is COc1ccc(O[C@H]2CC(OCc3ccccc3)[C@H](OCc3ccccc3)C(COCc3ccccc3)O2)cc1. The van der Waals surface area contributed by atoms with Gasteiger partial charge in [-0.1, -0.05) is 91.0 Å². The Balaban J connectivity index is 1.33. The van der Waals surface area contributed by atoms with Crippen LogP contribution < -0.4 is 9.47 Å². The van der Waals surface area contributed by atoms with Crippen molar-refractivity contribution in [2.24, 2.45) is 0 Å². The molecule has 40 heavy (non-hydrogen) atoms. The van der Waals surface area contributed by atoms with Gasteiger partial charge in [-0.2, -0.15) is 0 Å². The van der Waals surface area contributed by atoms with Gasteiger partial charge in [0.15, 0.2) is 0 Å². The van der Waals surface area contributed by atoms with Gasteiger partial charge in [0, 0.05) is 6.42 Å². The van der Waals surface area contributed by atoms with Crippen LogP contribution in [0.3, 0.4) is 0 Å². The molecule has 0 aliphatic carbocycles. The summed E-state index contributed by atoms with van der Waals surface area (Å²) in [5, 5.41) is 0. The maximum absolute atomic E-state index is 6.51. The second-order valence-electron chi connectivity index (χ2n) is 9.73. The summed E-state index contributed by atoms with van der Waals surface area (Å²) in [5.41, 5.74) is 3.29. The normalized spacial score (nSPS) is 20.6. The van der Waals surface area contributed by atoms with E-state index in [1.165, 1.54) is 0 Å². The van der Waals surface area contributed by atoms with E-state index in [1.807, 2.05) is 91.0 Å². The predicted octanol–water partition coefficient (Wildman–Crippen LogP) is 6.58. The lowest BCUT2D eigenvalue weighted by Gasteiger charge is -2.41. The zero-order valence-electron chi connectivity index (χ0n) is 22.8. The topological polar surface area (TPSA) is 55.4 Å². The molecule has 1 aliphatic heterocycles. The van der Waals surface area contributed by atoms with Crippen LogP contribution >= 0.6 is 0 Å². The molecule has 0 N–H and O–H groups in total. The molecule has 1 aliphatic rings. The summed E-state index contributed by atoms with van der Waals surface area (Å²) in [4.78, 5) is 0. The highest BCUT2D eigenvalue weighted by molar-refractivity contribution is 5.31. The fourth-order valence-corrected chi connectivity index (χ4v) is 4.70. The summed E-state index contributed by atoms with van der Waals surface area (Å²) in [6.45, 7) is 1.72. The molecule has 4 aromatic rings. The fourth-order valence-electron chi connectivity index (χ4n) is 4.70. The number of ether oxygens (including phenoxy) is 6. The van der Waals surface area contributed by atoms with E-state index in [9.17, 15) is 0 Å². The first-order valence-corrected chi connectivity index (χ1v) is 13.7. The minimum absolute atomic E-state index is 0.272. The Morgan fingerprint density at radius 2 is 1.15 bits per heavy atom. The van der Waals surface area contributed by atoms with Crippen LogP contribution in [-0.4, -0.2) is 38.3 Å². The van der Waals surface area contributed by atoms with Gasteiger partial charge in [-0.3, -0.25) is 0 Å². The van der Waals surface area contributed by atoms with Gasteiger partial charge in [-0.25, -0.2) is 0 Å². The third kappa shape index (κ3) is 8.16. The van der Waals surface area contributed by atoms with Crippen molar-refractivity contribution < 1.29 is 28.4 Å². The van der Waals surface area contributed by atoms with Crippen molar-refractivity contribution in [2.45, 2.75) is 50.8 Å². The molecule has 4 aromatic carbocycles. The lowest BCUT2D eigenvalue weighted by atomic mass is 10.0. The molecule has 1 heterocycles. The molecule has 208 valence electrons. The van der Waals surface area contributed by atoms with Gasteiger partial charge in [-0.15, -0.1) is 0 Å². The Hall–Kier alpha value is -3.68. The van der Waals surface area contributed by atoms with Crippen LogP contribution in [0.15, 0.2) is 115 Å². The van der Waals surface area contributed by atoms with E-state index in [4.69, 9.17) is 28.4 Å². The van der Waals surface area contributed by atoms with Crippen molar-refractivity contribution in [1.29, 1.82) is 0 Å². The molecular formula is C34H36O6. The molecular weight excluding hydrogens is 504 g/mol. The molecule has 1 saturated heterocycles. The number of hydrogen-bond acceptors (Lipinski definition) is 6. The number of benzene rings is 4. The third-order valence-corrected chi connectivity index (χ3v) is 6.80. The molecule has 1 fully saturated rings.